The van der Waals surface area contributed by atoms with Crippen LogP contribution >= 0.6 is 0 Å². The van der Waals surface area contributed by atoms with Crippen LogP contribution in [0.15, 0.2) is 0 Å². The molecule has 0 aliphatic heterocycles. The Kier molecular flexibility index (Phi) is 3.98. The molecule has 0 aliphatic carbocycles. The van der Waals surface area contributed by atoms with Crippen molar-refractivity contribution in [2.24, 2.45) is 0 Å². The lowest BCUT2D eigenvalue weighted by Gasteiger charge is -2.28. The maximum Gasteiger partial charge on any atom is 0.456 e. The van der Waals surface area contributed by atoms with E-state index in [9.17, 15) is 35.1 Å². The molecule has 0 spiro atoms. The van der Waals surface area contributed by atoms with Crippen LogP contribution in [0, 0.1) is 6.92 Å². The molecule has 0 amide bonds. The van der Waals surface area contributed by atoms with Gasteiger partial charge in [0.05, 0.1) is 0 Å². The van der Waals surface area contributed by atoms with Crippen molar-refractivity contribution < 1.29 is 35.1 Å². The van der Waals surface area contributed by atoms with Gasteiger partial charge in [0.15, 0.2) is 0 Å². The Morgan fingerprint density at radius 3 is 1.60 bits per heavy atom. The molecule has 15 heavy (non-hydrogen) atoms. The average molecular weight is 243 g/mol. The molecule has 0 fully saturated rings. The third-order valence-corrected chi connectivity index (χ3v) is 1.58. The molecule has 0 aromatic rings. The highest BCUT2D eigenvalue weighted by Gasteiger charge is 2.69. The molecule has 1 radical (unpaired) electrons. The molecule has 91 valence electrons. The predicted octanol–water partition coefficient (Wildman–Crippen LogP) is 3.77. The predicted molar refractivity (Wildman–Crippen MR) is 35.4 cm³/mol. The fraction of sp³-hybridized carbons (Fsp3) is 0.857. The topological polar surface area (TPSA) is 0 Å². The van der Waals surface area contributed by atoms with Gasteiger partial charge in [-0.25, -0.2) is 13.2 Å². The number of alkyl halides is 8. The standard InChI is InChI=1S/C7H7F8/c1-2-3-5(9,10)4(8)6(11,12)7(13,14)15/h4H,1-3H2/t4-/m0/s1. The summed E-state index contributed by atoms with van der Waals surface area (Å²) in [6.07, 6.45) is -13.1. The van der Waals surface area contributed by atoms with Crippen LogP contribution in [-0.4, -0.2) is 24.2 Å². The molecule has 0 aliphatic rings. The monoisotopic (exact) mass is 243 g/mol. The van der Waals surface area contributed by atoms with E-state index in [0.29, 0.717) is 0 Å². The first-order valence-electron chi connectivity index (χ1n) is 3.72. The third-order valence-electron chi connectivity index (χ3n) is 1.58. The lowest BCUT2D eigenvalue weighted by molar-refractivity contribution is -0.327. The summed E-state index contributed by atoms with van der Waals surface area (Å²) in [6.45, 7) is 2.82. The van der Waals surface area contributed by atoms with Crippen molar-refractivity contribution in [3.05, 3.63) is 6.92 Å². The van der Waals surface area contributed by atoms with E-state index >= 15 is 0 Å². The summed E-state index contributed by atoms with van der Waals surface area (Å²) in [6, 6.07) is 0. The number of hydrogen-bond acceptors (Lipinski definition) is 0. The summed E-state index contributed by atoms with van der Waals surface area (Å²) in [5.74, 6) is -10.8. The molecule has 0 saturated heterocycles. The summed E-state index contributed by atoms with van der Waals surface area (Å²) in [5, 5.41) is 0. The SMILES string of the molecule is [CH2]CCC(F)(F)[C@H](F)C(F)(F)C(F)(F)F. The fourth-order valence-electron chi connectivity index (χ4n) is 0.771. The van der Waals surface area contributed by atoms with E-state index in [1.807, 2.05) is 0 Å². The van der Waals surface area contributed by atoms with Crippen molar-refractivity contribution in [3.63, 3.8) is 0 Å². The van der Waals surface area contributed by atoms with E-state index in [4.69, 9.17) is 0 Å². The first-order valence-corrected chi connectivity index (χ1v) is 3.72. The van der Waals surface area contributed by atoms with Crippen LogP contribution in [-0.2, 0) is 0 Å². The lowest BCUT2D eigenvalue weighted by Crippen LogP contribution is -2.52. The van der Waals surface area contributed by atoms with Crippen LogP contribution in [0.25, 0.3) is 0 Å². The molecule has 0 N–H and O–H groups in total. The van der Waals surface area contributed by atoms with E-state index in [1.165, 1.54) is 0 Å². The molecule has 0 rings (SSSR count). The van der Waals surface area contributed by atoms with Crippen LogP contribution in [0.4, 0.5) is 35.1 Å². The van der Waals surface area contributed by atoms with E-state index < -0.39 is 37.0 Å². The summed E-state index contributed by atoms with van der Waals surface area (Å²) >= 11 is 0. The van der Waals surface area contributed by atoms with Gasteiger partial charge in [-0.2, -0.15) is 22.0 Å². The van der Waals surface area contributed by atoms with Crippen LogP contribution in [0.1, 0.15) is 12.8 Å². The molecule has 0 aromatic carbocycles. The Morgan fingerprint density at radius 2 is 1.33 bits per heavy atom. The van der Waals surface area contributed by atoms with Gasteiger partial charge in [0.25, 0.3) is 5.92 Å². The maximum absolute atomic E-state index is 12.4. The van der Waals surface area contributed by atoms with Gasteiger partial charge in [-0.1, -0.05) is 6.92 Å². The number of rotatable bonds is 4. The number of hydrogen-bond donors (Lipinski definition) is 0. The van der Waals surface area contributed by atoms with Crippen molar-refractivity contribution >= 4 is 0 Å². The smallest absolute Gasteiger partial charge is 0.234 e. The second kappa shape index (κ2) is 4.13. The van der Waals surface area contributed by atoms with Gasteiger partial charge in [-0.05, 0) is 6.42 Å². The van der Waals surface area contributed by atoms with Gasteiger partial charge in [-0.3, -0.25) is 0 Å². The van der Waals surface area contributed by atoms with Crippen molar-refractivity contribution in [2.75, 3.05) is 0 Å². The highest BCUT2D eigenvalue weighted by atomic mass is 19.4. The van der Waals surface area contributed by atoms with Crippen molar-refractivity contribution in [2.45, 2.75) is 37.0 Å². The van der Waals surface area contributed by atoms with Gasteiger partial charge < -0.3 is 0 Å². The molecule has 1 atom stereocenters. The number of halogens is 8. The Morgan fingerprint density at radius 1 is 0.933 bits per heavy atom. The van der Waals surface area contributed by atoms with Crippen LogP contribution in [0.5, 0.6) is 0 Å². The van der Waals surface area contributed by atoms with Crippen molar-refractivity contribution in [3.8, 4) is 0 Å². The molecule has 0 nitrogen and oxygen atoms in total. The minimum atomic E-state index is -6.34. The molecule has 0 bridgehead atoms. The molecule has 0 heterocycles. The molecule has 0 aromatic heterocycles. The minimum Gasteiger partial charge on any atom is -0.234 e. The second-order valence-corrected chi connectivity index (χ2v) is 2.85. The molecular formula is C7H7F8. The summed E-state index contributed by atoms with van der Waals surface area (Å²) in [4.78, 5) is 0. The van der Waals surface area contributed by atoms with Gasteiger partial charge >= 0.3 is 12.1 Å². The highest BCUT2D eigenvalue weighted by Crippen LogP contribution is 2.45. The molecule has 8 heteroatoms. The molecule has 0 saturated carbocycles. The molecular weight excluding hydrogens is 236 g/mol. The zero-order chi connectivity index (χ0) is 12.5. The maximum atomic E-state index is 12.4. The van der Waals surface area contributed by atoms with Gasteiger partial charge in [0.1, 0.15) is 0 Å². The Labute approximate surface area is 80.3 Å². The Bertz CT molecular complexity index is 206. The van der Waals surface area contributed by atoms with Crippen molar-refractivity contribution in [1.29, 1.82) is 0 Å². The van der Waals surface area contributed by atoms with E-state index in [1.54, 1.807) is 0 Å². The van der Waals surface area contributed by atoms with Crippen LogP contribution in [0.3, 0.4) is 0 Å². The van der Waals surface area contributed by atoms with E-state index in [2.05, 4.69) is 6.92 Å². The van der Waals surface area contributed by atoms with Gasteiger partial charge in [-0.15, -0.1) is 0 Å². The first-order chi connectivity index (χ1) is 6.47. The Hall–Kier alpha value is -0.560. The quantitative estimate of drug-likeness (QED) is 0.659. The summed E-state index contributed by atoms with van der Waals surface area (Å²) in [7, 11) is 0. The zero-order valence-corrected chi connectivity index (χ0v) is 7.22. The zero-order valence-electron chi connectivity index (χ0n) is 7.22. The average Bonchev–Trinajstić information content (AvgIpc) is 2.00. The third kappa shape index (κ3) is 2.94. The fourth-order valence-corrected chi connectivity index (χ4v) is 0.771. The highest BCUT2D eigenvalue weighted by molar-refractivity contribution is 4.93. The van der Waals surface area contributed by atoms with E-state index in [0.717, 1.165) is 0 Å². The lowest BCUT2D eigenvalue weighted by atomic mass is 10.0. The summed E-state index contributed by atoms with van der Waals surface area (Å²) < 4.78 is 96.1. The Balaban J connectivity index is 4.91. The van der Waals surface area contributed by atoms with Crippen molar-refractivity contribution in [1.82, 2.24) is 0 Å². The largest absolute Gasteiger partial charge is 0.456 e. The van der Waals surface area contributed by atoms with Crippen LogP contribution < -0.4 is 0 Å². The minimum absolute atomic E-state index is 0.651. The normalized spacial score (nSPS) is 16.6. The van der Waals surface area contributed by atoms with Gasteiger partial charge in [0.2, 0.25) is 6.17 Å². The van der Waals surface area contributed by atoms with Crippen LogP contribution in [0.2, 0.25) is 0 Å². The molecule has 0 unspecified atom stereocenters. The second-order valence-electron chi connectivity index (χ2n) is 2.85. The first kappa shape index (κ1) is 14.4. The summed E-state index contributed by atoms with van der Waals surface area (Å²) in [5.41, 5.74) is 0. The van der Waals surface area contributed by atoms with Gasteiger partial charge in [0, 0.05) is 6.42 Å². The van der Waals surface area contributed by atoms with E-state index in [-0.39, 0.29) is 0 Å².